The molecule has 1 aromatic heterocycles. The molecule has 5 nitrogen and oxygen atoms in total. The van der Waals surface area contributed by atoms with Gasteiger partial charge in [0.05, 0.1) is 10.6 Å². The Kier molecular flexibility index (Phi) is 7.13. The van der Waals surface area contributed by atoms with Crippen LogP contribution in [0.15, 0.2) is 58.8 Å². The van der Waals surface area contributed by atoms with Gasteiger partial charge in [-0.15, -0.1) is 28.3 Å². The summed E-state index contributed by atoms with van der Waals surface area (Å²) in [6, 6.07) is 15.1. The average molecular weight is 592 g/mol. The average Bonchev–Trinajstić information content (AvgIpc) is 3.36. The molecule has 0 radical (unpaired) electrons. The van der Waals surface area contributed by atoms with Crippen molar-refractivity contribution in [3.63, 3.8) is 0 Å². The molecule has 0 atom stereocenters. The van der Waals surface area contributed by atoms with E-state index in [2.05, 4.69) is 32.9 Å². The third-order valence-electron chi connectivity index (χ3n) is 4.45. The zero-order valence-corrected chi connectivity index (χ0v) is 20.3. The van der Waals surface area contributed by atoms with Crippen molar-refractivity contribution in [3.05, 3.63) is 57.5 Å². The number of halogens is 2. The van der Waals surface area contributed by atoms with Crippen LogP contribution >= 0.6 is 50.9 Å². The standard InChI is InChI=1S/C19H18IN3O2S2.BrH/c20-15-5-7-16(8-6-15)21-19-22-18(13-26-19)14-3-9-17(10-4-14)27(24,25)23-11-1-2-12-23;/h3-10,13H,1-2,11-12H2,(H,21,22);1H. The Morgan fingerprint density at radius 2 is 1.64 bits per heavy atom. The van der Waals surface area contributed by atoms with Crippen molar-refractivity contribution >= 4 is 71.8 Å². The van der Waals surface area contributed by atoms with Crippen molar-refractivity contribution in [2.24, 2.45) is 0 Å². The van der Waals surface area contributed by atoms with Crippen molar-refractivity contribution in [1.82, 2.24) is 9.29 Å². The molecule has 1 aliphatic rings. The van der Waals surface area contributed by atoms with Crippen LogP contribution in [0.2, 0.25) is 0 Å². The van der Waals surface area contributed by atoms with E-state index < -0.39 is 10.0 Å². The number of benzene rings is 2. The molecule has 1 N–H and O–H groups in total. The fraction of sp³-hybridized carbons (Fsp3) is 0.211. The minimum Gasteiger partial charge on any atom is -0.332 e. The lowest BCUT2D eigenvalue weighted by molar-refractivity contribution is 0.477. The van der Waals surface area contributed by atoms with Gasteiger partial charge in [0.15, 0.2) is 5.13 Å². The lowest BCUT2D eigenvalue weighted by atomic mass is 10.2. The van der Waals surface area contributed by atoms with Crippen LogP contribution in [-0.4, -0.2) is 30.8 Å². The van der Waals surface area contributed by atoms with E-state index in [9.17, 15) is 8.42 Å². The fourth-order valence-corrected chi connectivity index (χ4v) is 5.61. The molecule has 1 fully saturated rings. The van der Waals surface area contributed by atoms with Crippen LogP contribution < -0.4 is 5.32 Å². The van der Waals surface area contributed by atoms with E-state index in [0.717, 1.165) is 34.9 Å². The number of nitrogens with zero attached hydrogens (tertiary/aromatic N) is 2. The molecule has 28 heavy (non-hydrogen) atoms. The quantitative estimate of drug-likeness (QED) is 0.397. The molecule has 0 unspecified atom stereocenters. The number of aromatic nitrogens is 1. The van der Waals surface area contributed by atoms with Crippen LogP contribution in [0.3, 0.4) is 0 Å². The number of nitrogens with one attached hydrogen (secondary N) is 1. The van der Waals surface area contributed by atoms with Gasteiger partial charge in [0, 0.05) is 33.3 Å². The van der Waals surface area contributed by atoms with Gasteiger partial charge >= 0.3 is 0 Å². The van der Waals surface area contributed by atoms with E-state index in [1.807, 2.05) is 41.8 Å². The SMILES string of the molecule is Br.O=S(=O)(c1ccc(-c2csc(Nc3ccc(I)cc3)n2)cc1)N1CCCC1. The van der Waals surface area contributed by atoms with Gasteiger partial charge in [0.1, 0.15) is 0 Å². The molecule has 1 aliphatic heterocycles. The summed E-state index contributed by atoms with van der Waals surface area (Å²) in [7, 11) is -3.37. The van der Waals surface area contributed by atoms with Crippen LogP contribution in [0.4, 0.5) is 10.8 Å². The van der Waals surface area contributed by atoms with Crippen molar-refractivity contribution in [1.29, 1.82) is 0 Å². The molecular weight excluding hydrogens is 573 g/mol. The monoisotopic (exact) mass is 591 g/mol. The first-order valence-electron chi connectivity index (χ1n) is 8.61. The summed E-state index contributed by atoms with van der Waals surface area (Å²) in [5, 5.41) is 6.07. The Morgan fingerprint density at radius 1 is 1.00 bits per heavy atom. The molecule has 9 heteroatoms. The first kappa shape index (κ1) is 21.7. The van der Waals surface area contributed by atoms with Crippen LogP contribution in [-0.2, 0) is 10.0 Å². The lowest BCUT2D eigenvalue weighted by Gasteiger charge is -2.15. The largest absolute Gasteiger partial charge is 0.332 e. The van der Waals surface area contributed by atoms with E-state index in [1.165, 1.54) is 14.9 Å². The zero-order chi connectivity index (χ0) is 18.9. The number of sulfonamides is 1. The molecule has 148 valence electrons. The highest BCUT2D eigenvalue weighted by Gasteiger charge is 2.26. The molecule has 1 saturated heterocycles. The molecule has 0 saturated carbocycles. The molecule has 4 rings (SSSR count). The molecular formula is C19H19BrIN3O2S2. The Labute approximate surface area is 193 Å². The topological polar surface area (TPSA) is 62.3 Å². The summed E-state index contributed by atoms with van der Waals surface area (Å²) < 4.78 is 28.0. The third-order valence-corrected chi connectivity index (χ3v) is 7.84. The van der Waals surface area contributed by atoms with Gasteiger partial charge in [-0.25, -0.2) is 13.4 Å². The maximum atomic E-state index is 12.6. The molecule has 2 heterocycles. The number of thiazole rings is 1. The molecule has 0 spiro atoms. The number of hydrogen-bond acceptors (Lipinski definition) is 5. The molecule has 3 aromatic rings. The zero-order valence-electron chi connectivity index (χ0n) is 14.8. The predicted molar refractivity (Wildman–Crippen MR) is 128 cm³/mol. The Morgan fingerprint density at radius 3 is 2.29 bits per heavy atom. The van der Waals surface area contributed by atoms with E-state index in [1.54, 1.807) is 16.4 Å². The van der Waals surface area contributed by atoms with Gasteiger partial charge in [-0.3, -0.25) is 0 Å². The Balaban J connectivity index is 0.00000225. The first-order chi connectivity index (χ1) is 13.0. The normalized spacial score (nSPS) is 14.6. The van der Waals surface area contributed by atoms with E-state index >= 15 is 0 Å². The maximum absolute atomic E-state index is 12.6. The van der Waals surface area contributed by atoms with Crippen molar-refractivity contribution < 1.29 is 8.42 Å². The van der Waals surface area contributed by atoms with E-state index in [4.69, 9.17) is 0 Å². The number of anilines is 2. The fourth-order valence-electron chi connectivity index (χ4n) is 3.00. The second-order valence-corrected chi connectivity index (χ2v) is 10.3. The van der Waals surface area contributed by atoms with Crippen LogP contribution in [0.1, 0.15) is 12.8 Å². The minimum absolute atomic E-state index is 0. The second kappa shape index (κ2) is 9.21. The van der Waals surface area contributed by atoms with Gasteiger partial charge in [-0.05, 0) is 71.8 Å². The maximum Gasteiger partial charge on any atom is 0.243 e. The summed E-state index contributed by atoms with van der Waals surface area (Å²) in [4.78, 5) is 4.96. The van der Waals surface area contributed by atoms with Gasteiger partial charge < -0.3 is 5.32 Å². The van der Waals surface area contributed by atoms with Gasteiger partial charge in [0.2, 0.25) is 10.0 Å². The van der Waals surface area contributed by atoms with Crippen LogP contribution in [0.25, 0.3) is 11.3 Å². The summed E-state index contributed by atoms with van der Waals surface area (Å²) in [6.45, 7) is 1.23. The van der Waals surface area contributed by atoms with Crippen molar-refractivity contribution in [2.45, 2.75) is 17.7 Å². The molecule has 2 aromatic carbocycles. The predicted octanol–water partition coefficient (Wildman–Crippen LogP) is 5.52. The van der Waals surface area contributed by atoms with Crippen molar-refractivity contribution in [2.75, 3.05) is 18.4 Å². The highest BCUT2D eigenvalue weighted by Crippen LogP contribution is 2.29. The summed E-state index contributed by atoms with van der Waals surface area (Å²) in [6.07, 6.45) is 1.87. The van der Waals surface area contributed by atoms with E-state index in [0.29, 0.717) is 18.0 Å². The number of hydrogen-bond donors (Lipinski definition) is 1. The summed E-state index contributed by atoms with van der Waals surface area (Å²) in [5.74, 6) is 0. The smallest absolute Gasteiger partial charge is 0.243 e. The van der Waals surface area contributed by atoms with Gasteiger partial charge in [-0.2, -0.15) is 4.31 Å². The second-order valence-electron chi connectivity index (χ2n) is 6.31. The summed E-state index contributed by atoms with van der Waals surface area (Å²) >= 11 is 3.80. The third kappa shape index (κ3) is 4.76. The lowest BCUT2D eigenvalue weighted by Crippen LogP contribution is -2.27. The molecule has 0 amide bonds. The minimum atomic E-state index is -3.37. The highest BCUT2D eigenvalue weighted by molar-refractivity contribution is 14.1. The van der Waals surface area contributed by atoms with Gasteiger partial charge in [0.25, 0.3) is 0 Å². The molecule has 0 aliphatic carbocycles. The van der Waals surface area contributed by atoms with Crippen LogP contribution in [0.5, 0.6) is 0 Å². The first-order valence-corrected chi connectivity index (χ1v) is 12.0. The Bertz CT molecular complexity index is 1030. The van der Waals surface area contributed by atoms with Gasteiger partial charge in [-0.1, -0.05) is 12.1 Å². The number of rotatable bonds is 5. The van der Waals surface area contributed by atoms with E-state index in [-0.39, 0.29) is 17.0 Å². The van der Waals surface area contributed by atoms with Crippen molar-refractivity contribution in [3.8, 4) is 11.3 Å². The molecule has 0 bridgehead atoms. The highest BCUT2D eigenvalue weighted by atomic mass is 127. The Hall–Kier alpha value is -1.01. The summed E-state index contributed by atoms with van der Waals surface area (Å²) in [5.41, 5.74) is 2.73. The van der Waals surface area contributed by atoms with Crippen LogP contribution in [0, 0.1) is 3.57 Å².